The molecule has 0 atom stereocenters. The van der Waals surface area contributed by atoms with Crippen LogP contribution in [0.3, 0.4) is 0 Å². The minimum Gasteiger partial charge on any atom is -0.533 e. The Morgan fingerprint density at radius 2 is 1.07 bits per heavy atom. The number of halogens is 4. The standard InChI is InChI=1S/C27H37P.C13H13N.C9H12N.C7H7Cl.C6H7N.C2F3O.Pd/c1-20-18-21(2)27(22(3)19-20)25-16-10-11-17-26(25)28(23-12-6-4-7-13-23)24-14-8-5-9-15-24;1-11-7-9-13(10-8-11)14-12-5-3-2-4-6-12;1-10(2)8-9-6-4-3-5-7-9;1-6-2-4-7(8)5-3-6;7-6-4-2-1-3-5-6;3-2(4,5)1-6;/h10-11,16-19,23-24H,4-9,12-15H2,1-3H3;2-10,14H,1H3;3-6H,8H2,1-2H3;2-5H,1H3;1-5H,7H2;;/q;;-1;;;-1;/p+1. The molecule has 0 aliphatic heterocycles. The van der Waals surface area contributed by atoms with Crippen LogP contribution in [0, 0.1) is 40.7 Å². The first kappa shape index (κ1) is 63.2. The third-order valence-electron chi connectivity index (χ3n) is 12.6. The smallest absolute Gasteiger partial charge is 0.298 e. The summed E-state index contributed by atoms with van der Waals surface area (Å²) in [5.74, 6) is 0. The predicted octanol–water partition coefficient (Wildman–Crippen LogP) is 17.6. The van der Waals surface area contributed by atoms with Crippen molar-refractivity contribution in [1.29, 1.82) is 0 Å². The molecule has 0 radical (unpaired) electrons. The number of carbonyl (C=O) groups excluding carboxylic acids is 1. The molecule has 0 spiro atoms. The van der Waals surface area contributed by atoms with Crippen LogP contribution in [0.2, 0.25) is 5.02 Å². The van der Waals surface area contributed by atoms with Crippen molar-refractivity contribution in [2.75, 3.05) is 25.1 Å². The first-order chi connectivity index (χ1) is 35.0. The average Bonchev–Trinajstić information content (AvgIpc) is 3.38. The van der Waals surface area contributed by atoms with E-state index in [1.165, 1.54) is 103 Å². The van der Waals surface area contributed by atoms with Crippen molar-refractivity contribution in [1.82, 2.24) is 4.90 Å². The van der Waals surface area contributed by atoms with E-state index in [0.29, 0.717) is 0 Å². The SMILES string of the molecule is CN(C)Cc1[c-]cccc1.Cc1cc(C)c(-c2ccccc2[PH+](C2CCCCC2)C2CCCCC2)c(C)c1.Cc1ccc(Cl)cc1.Cc1ccc(Nc2ccccc2)cc1.Nc1ccccc1.O=[C-]C(F)(F)F.[Pd]. The molecular formula is C64H77ClF3N3OPPd-. The second-order valence-electron chi connectivity index (χ2n) is 19.2. The zero-order valence-corrected chi connectivity index (χ0v) is 47.7. The van der Waals surface area contributed by atoms with Crippen LogP contribution in [0.4, 0.5) is 30.2 Å². The van der Waals surface area contributed by atoms with Crippen molar-refractivity contribution >= 4 is 48.2 Å². The van der Waals surface area contributed by atoms with Gasteiger partial charge < -0.3 is 20.7 Å². The molecule has 0 saturated heterocycles. The Kier molecular flexibility index (Phi) is 29.5. The molecule has 0 amide bonds. The largest absolute Gasteiger partial charge is 0.533 e. The van der Waals surface area contributed by atoms with Crippen LogP contribution in [-0.2, 0) is 31.8 Å². The number of nitrogen functional groups attached to an aromatic ring is 1. The summed E-state index contributed by atoms with van der Waals surface area (Å²) in [5.41, 5.74) is 21.6. The van der Waals surface area contributed by atoms with E-state index in [9.17, 15) is 13.2 Å². The topological polar surface area (TPSA) is 58.4 Å². The number of nitrogens with zero attached hydrogens (tertiary/aromatic N) is 1. The molecule has 7 aromatic carbocycles. The maximum Gasteiger partial charge on any atom is 0.298 e. The van der Waals surface area contributed by atoms with Gasteiger partial charge in [-0.2, -0.15) is 36.6 Å². The number of para-hydroxylation sites is 2. The normalized spacial score (nSPS) is 13.3. The van der Waals surface area contributed by atoms with Gasteiger partial charge in [0.25, 0.3) is 6.18 Å². The minimum absolute atomic E-state index is 0. The van der Waals surface area contributed by atoms with Gasteiger partial charge in [-0.3, -0.25) is 0 Å². The van der Waals surface area contributed by atoms with Crippen LogP contribution >= 0.6 is 19.5 Å². The number of benzene rings is 7. The molecule has 10 heteroatoms. The quantitative estimate of drug-likeness (QED) is 0.0689. The summed E-state index contributed by atoms with van der Waals surface area (Å²) in [4.78, 5) is 10.7. The number of hydrogen-bond acceptors (Lipinski definition) is 4. The molecule has 398 valence electrons. The van der Waals surface area contributed by atoms with E-state index in [4.69, 9.17) is 22.1 Å². The van der Waals surface area contributed by atoms with Gasteiger partial charge in [0.15, 0.2) is 0 Å². The van der Waals surface area contributed by atoms with Crippen LogP contribution in [0.5, 0.6) is 0 Å². The first-order valence-corrected chi connectivity index (χ1v) is 27.6. The van der Waals surface area contributed by atoms with Crippen molar-refractivity contribution in [3.05, 3.63) is 214 Å². The molecule has 9 rings (SSSR count). The predicted molar refractivity (Wildman–Crippen MR) is 310 cm³/mol. The molecule has 7 aromatic rings. The Morgan fingerprint density at radius 3 is 1.50 bits per heavy atom. The fourth-order valence-corrected chi connectivity index (χ4v) is 13.9. The van der Waals surface area contributed by atoms with Gasteiger partial charge in [-0.05, 0) is 171 Å². The Labute approximate surface area is 462 Å². The van der Waals surface area contributed by atoms with Crippen molar-refractivity contribution in [2.45, 2.75) is 123 Å². The molecule has 4 nitrogen and oxygen atoms in total. The zero-order valence-electron chi connectivity index (χ0n) is 44.4. The number of hydrogen-bond donors (Lipinski definition) is 2. The summed E-state index contributed by atoms with van der Waals surface area (Å²) >= 11 is 5.61. The van der Waals surface area contributed by atoms with E-state index in [1.54, 1.807) is 10.9 Å². The monoisotopic (exact) mass is 1130 g/mol. The van der Waals surface area contributed by atoms with Crippen LogP contribution < -0.4 is 16.4 Å². The second kappa shape index (κ2) is 34.5. The Morgan fingerprint density at radius 1 is 0.622 bits per heavy atom. The third kappa shape index (κ3) is 24.5. The van der Waals surface area contributed by atoms with E-state index in [0.717, 1.165) is 39.9 Å². The van der Waals surface area contributed by atoms with E-state index >= 15 is 0 Å². The third-order valence-corrected chi connectivity index (χ3v) is 16.8. The summed E-state index contributed by atoms with van der Waals surface area (Å²) in [6.07, 6.45) is 9.86. The molecule has 0 unspecified atom stereocenters. The number of nitrogens with one attached hydrogen (secondary N) is 1. The molecule has 0 aromatic heterocycles. The molecule has 74 heavy (non-hydrogen) atoms. The van der Waals surface area contributed by atoms with Gasteiger partial charge in [-0.1, -0.05) is 132 Å². The number of anilines is 3. The summed E-state index contributed by atoms with van der Waals surface area (Å²) in [7, 11) is 3.57. The average molecular weight is 1130 g/mol. The molecule has 2 aliphatic carbocycles. The van der Waals surface area contributed by atoms with Crippen LogP contribution in [-0.4, -0.2) is 42.8 Å². The molecule has 2 aliphatic rings. The van der Waals surface area contributed by atoms with E-state index in [-0.39, 0.29) is 26.7 Å². The summed E-state index contributed by atoms with van der Waals surface area (Å²) in [6, 6.07) is 61.3. The van der Waals surface area contributed by atoms with Crippen LogP contribution in [0.15, 0.2) is 170 Å². The molecule has 2 saturated carbocycles. The van der Waals surface area contributed by atoms with Crippen molar-refractivity contribution in [3.8, 4) is 11.1 Å². The fourth-order valence-electron chi connectivity index (χ4n) is 9.34. The van der Waals surface area contributed by atoms with Crippen LogP contribution in [0.25, 0.3) is 11.1 Å². The molecule has 0 bridgehead atoms. The fraction of sp³-hybridized carbons (Fsp3) is 0.328. The summed E-state index contributed by atoms with van der Waals surface area (Å²) in [5, 5.41) is 5.90. The molecule has 3 N–H and O–H groups in total. The molecule has 0 heterocycles. The summed E-state index contributed by atoms with van der Waals surface area (Å²) in [6.45, 7) is 12.0. The number of rotatable bonds is 8. The van der Waals surface area contributed by atoms with Crippen LogP contribution in [0.1, 0.15) is 97.6 Å². The van der Waals surface area contributed by atoms with Gasteiger partial charge >= 0.3 is 0 Å². The molecule has 2 fully saturated rings. The van der Waals surface area contributed by atoms with Crippen molar-refractivity contribution in [3.63, 3.8) is 0 Å². The number of aryl methyl sites for hydroxylation is 5. The Bertz CT molecular complexity index is 2530. The van der Waals surface area contributed by atoms with Crippen molar-refractivity contribution < 1.29 is 38.4 Å². The Hall–Kier alpha value is -5.06. The maximum atomic E-state index is 10.4. The summed E-state index contributed by atoms with van der Waals surface area (Å²) < 4.78 is 31.1. The van der Waals surface area contributed by atoms with Gasteiger partial charge in [0.2, 0.25) is 0 Å². The number of nitrogens with two attached hydrogens (primary N) is 1. The maximum absolute atomic E-state index is 10.4. The zero-order chi connectivity index (χ0) is 53.0. The Balaban J connectivity index is 0.000000262. The van der Waals surface area contributed by atoms with Crippen molar-refractivity contribution in [2.24, 2.45) is 0 Å². The van der Waals surface area contributed by atoms with Gasteiger partial charge in [-0.15, -0.1) is 5.56 Å². The van der Waals surface area contributed by atoms with Gasteiger partial charge in [-0.25, -0.2) is 13.2 Å². The van der Waals surface area contributed by atoms with Gasteiger partial charge in [0.05, 0.1) is 16.6 Å². The molecular weight excluding hydrogens is 1060 g/mol. The van der Waals surface area contributed by atoms with E-state index in [2.05, 4.69) is 137 Å². The van der Waals surface area contributed by atoms with Gasteiger partial charge in [0.1, 0.15) is 0 Å². The number of alkyl halides is 3. The van der Waals surface area contributed by atoms with E-state index in [1.807, 2.05) is 97.9 Å². The van der Waals surface area contributed by atoms with Gasteiger partial charge in [0, 0.05) is 62.5 Å². The first-order valence-electron chi connectivity index (χ1n) is 25.5. The second-order valence-corrected chi connectivity index (χ2v) is 22.8. The van der Waals surface area contributed by atoms with E-state index < -0.39 is 14.1 Å². The minimum atomic E-state index is -4.76.